The zero-order valence-electron chi connectivity index (χ0n) is 15.4. The minimum absolute atomic E-state index is 0.0924. The first-order valence-electron chi connectivity index (χ1n) is 9.04. The van der Waals surface area contributed by atoms with Crippen LogP contribution in [0, 0.1) is 11.6 Å². The maximum Gasteiger partial charge on any atom is 0.258 e. The number of amides is 1. The molecule has 0 bridgehead atoms. The summed E-state index contributed by atoms with van der Waals surface area (Å²) in [6.45, 7) is 0. The fourth-order valence-electron chi connectivity index (χ4n) is 3.24. The Morgan fingerprint density at radius 1 is 0.867 bits per heavy atom. The molecule has 2 heterocycles. The molecule has 0 aliphatic heterocycles. The van der Waals surface area contributed by atoms with Gasteiger partial charge in [0, 0.05) is 29.7 Å². The Hall–Kier alpha value is -4.20. The van der Waals surface area contributed by atoms with Gasteiger partial charge in [0.25, 0.3) is 5.91 Å². The van der Waals surface area contributed by atoms with Crippen LogP contribution in [0.15, 0.2) is 67.0 Å². The summed E-state index contributed by atoms with van der Waals surface area (Å²) in [4.78, 5) is 28.6. The molecule has 3 aromatic carbocycles. The molecule has 0 saturated heterocycles. The normalized spacial score (nSPS) is 11.1. The van der Waals surface area contributed by atoms with E-state index < -0.39 is 11.7 Å². The first kappa shape index (κ1) is 17.9. The quantitative estimate of drug-likeness (QED) is 0.459. The third kappa shape index (κ3) is 3.24. The van der Waals surface area contributed by atoms with Crippen molar-refractivity contribution in [1.82, 2.24) is 19.9 Å². The van der Waals surface area contributed by atoms with E-state index in [1.807, 2.05) is 0 Å². The van der Waals surface area contributed by atoms with Gasteiger partial charge < -0.3 is 10.3 Å². The van der Waals surface area contributed by atoms with E-state index in [0.29, 0.717) is 33.6 Å². The SMILES string of the molecule is O=C(Nc1ccc2nc(-c3ccc(F)cc3)[nH]c2c1)c1cc(F)cc2nccnc12. The molecule has 1 amide bonds. The fourth-order valence-corrected chi connectivity index (χ4v) is 3.24. The van der Waals surface area contributed by atoms with Crippen LogP contribution in [0.2, 0.25) is 0 Å². The molecule has 146 valence electrons. The van der Waals surface area contributed by atoms with E-state index in [-0.39, 0.29) is 11.4 Å². The summed E-state index contributed by atoms with van der Waals surface area (Å²) in [7, 11) is 0. The van der Waals surface area contributed by atoms with Crippen LogP contribution in [0.1, 0.15) is 10.4 Å². The Kier molecular flexibility index (Phi) is 4.17. The number of hydrogen-bond acceptors (Lipinski definition) is 4. The number of nitrogens with one attached hydrogen (secondary N) is 2. The molecule has 5 aromatic rings. The number of rotatable bonds is 3. The molecule has 0 radical (unpaired) electrons. The number of benzene rings is 3. The summed E-state index contributed by atoms with van der Waals surface area (Å²) in [5, 5.41) is 2.76. The number of halogens is 2. The Morgan fingerprint density at radius 2 is 1.67 bits per heavy atom. The number of anilines is 1. The molecule has 2 N–H and O–H groups in total. The molecule has 0 aliphatic rings. The number of fused-ring (bicyclic) bond motifs is 2. The number of H-pyrrole nitrogens is 1. The molecule has 30 heavy (non-hydrogen) atoms. The second-order valence-electron chi connectivity index (χ2n) is 6.66. The molecular formula is C22H13F2N5O. The molecule has 0 spiro atoms. The van der Waals surface area contributed by atoms with Crippen LogP contribution >= 0.6 is 0 Å². The van der Waals surface area contributed by atoms with Crippen LogP contribution in [-0.4, -0.2) is 25.8 Å². The van der Waals surface area contributed by atoms with Crippen molar-refractivity contribution < 1.29 is 13.6 Å². The Morgan fingerprint density at radius 3 is 2.50 bits per heavy atom. The van der Waals surface area contributed by atoms with Gasteiger partial charge in [0.05, 0.1) is 22.1 Å². The van der Waals surface area contributed by atoms with Gasteiger partial charge in [0.15, 0.2) is 0 Å². The Bertz CT molecular complexity index is 1410. The third-order valence-corrected chi connectivity index (χ3v) is 4.64. The van der Waals surface area contributed by atoms with Crippen LogP contribution in [0.5, 0.6) is 0 Å². The van der Waals surface area contributed by atoms with Gasteiger partial charge in [-0.1, -0.05) is 0 Å². The maximum absolute atomic E-state index is 13.9. The van der Waals surface area contributed by atoms with Gasteiger partial charge in [-0.3, -0.25) is 14.8 Å². The van der Waals surface area contributed by atoms with Gasteiger partial charge >= 0.3 is 0 Å². The number of imidazole rings is 1. The average Bonchev–Trinajstić information content (AvgIpc) is 3.17. The average molecular weight is 401 g/mol. The van der Waals surface area contributed by atoms with Crippen molar-refractivity contribution in [3.05, 3.63) is 84.2 Å². The molecule has 0 atom stereocenters. The first-order valence-corrected chi connectivity index (χ1v) is 9.04. The first-order chi connectivity index (χ1) is 14.6. The van der Waals surface area contributed by atoms with Crippen LogP contribution in [0.4, 0.5) is 14.5 Å². The van der Waals surface area contributed by atoms with Crippen molar-refractivity contribution in [2.45, 2.75) is 0 Å². The van der Waals surface area contributed by atoms with Crippen LogP contribution in [0.25, 0.3) is 33.5 Å². The lowest BCUT2D eigenvalue weighted by Crippen LogP contribution is -2.13. The number of aromatic amines is 1. The van der Waals surface area contributed by atoms with Gasteiger partial charge in [-0.15, -0.1) is 0 Å². The molecule has 0 aliphatic carbocycles. The summed E-state index contributed by atoms with van der Waals surface area (Å²) >= 11 is 0. The topological polar surface area (TPSA) is 83.6 Å². The number of nitrogens with zero attached hydrogens (tertiary/aromatic N) is 3. The van der Waals surface area contributed by atoms with E-state index in [1.54, 1.807) is 30.3 Å². The Labute approximate surface area is 168 Å². The molecule has 0 unspecified atom stereocenters. The van der Waals surface area contributed by atoms with Gasteiger partial charge in [0.1, 0.15) is 23.0 Å². The highest BCUT2D eigenvalue weighted by Gasteiger charge is 2.15. The summed E-state index contributed by atoms with van der Waals surface area (Å²) in [6.07, 6.45) is 2.89. The highest BCUT2D eigenvalue weighted by molar-refractivity contribution is 6.11. The minimum Gasteiger partial charge on any atom is -0.338 e. The van der Waals surface area contributed by atoms with E-state index >= 15 is 0 Å². The molecule has 0 fully saturated rings. The van der Waals surface area contributed by atoms with Crippen LogP contribution in [-0.2, 0) is 0 Å². The van der Waals surface area contributed by atoms with Crippen molar-refractivity contribution in [2.75, 3.05) is 5.32 Å². The zero-order valence-corrected chi connectivity index (χ0v) is 15.4. The predicted octanol–water partition coefficient (Wildman–Crippen LogP) is 4.70. The molecule has 8 heteroatoms. The van der Waals surface area contributed by atoms with E-state index in [4.69, 9.17) is 0 Å². The highest BCUT2D eigenvalue weighted by Crippen LogP contribution is 2.24. The summed E-state index contributed by atoms with van der Waals surface area (Å²) in [6, 6.07) is 13.5. The van der Waals surface area contributed by atoms with Crippen molar-refractivity contribution in [3.63, 3.8) is 0 Å². The number of carbonyl (C=O) groups is 1. The van der Waals surface area contributed by atoms with Crippen molar-refractivity contribution >= 4 is 33.7 Å². The third-order valence-electron chi connectivity index (χ3n) is 4.64. The van der Waals surface area contributed by atoms with Crippen molar-refractivity contribution in [3.8, 4) is 11.4 Å². The predicted molar refractivity (Wildman–Crippen MR) is 109 cm³/mol. The minimum atomic E-state index is -0.568. The van der Waals surface area contributed by atoms with Crippen molar-refractivity contribution in [2.24, 2.45) is 0 Å². The zero-order chi connectivity index (χ0) is 20.7. The number of carbonyl (C=O) groups excluding carboxylic acids is 1. The molecule has 5 rings (SSSR count). The summed E-state index contributed by atoms with van der Waals surface area (Å²) in [5.74, 6) is -0.812. The monoisotopic (exact) mass is 401 g/mol. The van der Waals surface area contributed by atoms with Gasteiger partial charge in [-0.2, -0.15) is 0 Å². The van der Waals surface area contributed by atoms with Crippen LogP contribution in [0.3, 0.4) is 0 Å². The lowest BCUT2D eigenvalue weighted by Gasteiger charge is -2.07. The van der Waals surface area contributed by atoms with Gasteiger partial charge in [-0.05, 0) is 48.5 Å². The number of aromatic nitrogens is 4. The molecule has 0 saturated carbocycles. The lowest BCUT2D eigenvalue weighted by molar-refractivity contribution is 0.102. The largest absolute Gasteiger partial charge is 0.338 e. The van der Waals surface area contributed by atoms with Crippen LogP contribution < -0.4 is 5.32 Å². The maximum atomic E-state index is 13.9. The number of hydrogen-bond donors (Lipinski definition) is 2. The van der Waals surface area contributed by atoms with E-state index in [2.05, 4.69) is 25.3 Å². The second kappa shape index (κ2) is 7.00. The molecule has 6 nitrogen and oxygen atoms in total. The van der Waals surface area contributed by atoms with Crippen molar-refractivity contribution in [1.29, 1.82) is 0 Å². The summed E-state index contributed by atoms with van der Waals surface area (Å²) in [5.41, 5.74) is 3.33. The van der Waals surface area contributed by atoms with E-state index in [1.165, 1.54) is 30.6 Å². The van der Waals surface area contributed by atoms with E-state index in [0.717, 1.165) is 11.6 Å². The standard InChI is InChI=1S/C22H13F2N5O/c23-13-3-1-12(2-4-13)21-28-17-6-5-15(11-18(17)29-21)27-22(30)16-9-14(24)10-19-20(16)26-8-7-25-19/h1-11H,(H,27,30)(H,28,29). The smallest absolute Gasteiger partial charge is 0.258 e. The van der Waals surface area contributed by atoms with Gasteiger partial charge in [-0.25, -0.2) is 13.8 Å². The highest BCUT2D eigenvalue weighted by atomic mass is 19.1. The fraction of sp³-hybridized carbons (Fsp3) is 0. The summed E-state index contributed by atoms with van der Waals surface area (Å²) < 4.78 is 27.0. The molecular weight excluding hydrogens is 388 g/mol. The van der Waals surface area contributed by atoms with E-state index in [9.17, 15) is 13.6 Å². The van der Waals surface area contributed by atoms with Gasteiger partial charge in [0.2, 0.25) is 0 Å². The Balaban J connectivity index is 1.47. The second-order valence-corrected chi connectivity index (χ2v) is 6.66. The molecule has 2 aromatic heterocycles. The lowest BCUT2D eigenvalue weighted by atomic mass is 10.1.